The molecule has 0 saturated carbocycles. The van der Waals surface area contributed by atoms with E-state index in [-0.39, 0.29) is 5.13 Å². The van der Waals surface area contributed by atoms with Crippen molar-refractivity contribution in [2.45, 2.75) is 44.4 Å². The Balaban J connectivity index is 1.45. The van der Waals surface area contributed by atoms with Gasteiger partial charge >= 0.3 is 6.03 Å². The van der Waals surface area contributed by atoms with Gasteiger partial charge in [-0.25, -0.2) is 14.7 Å². The molecule has 3 N–H and O–H groups in total. The van der Waals surface area contributed by atoms with E-state index in [0.717, 1.165) is 10.5 Å². The van der Waals surface area contributed by atoms with Crippen LogP contribution in [0.2, 0.25) is 0 Å². The second kappa shape index (κ2) is 10.8. The predicted molar refractivity (Wildman–Crippen MR) is 140 cm³/mol. The number of nitrogens with zero attached hydrogens (tertiary/aromatic N) is 2. The number of thiazole rings is 1. The fourth-order valence-corrected chi connectivity index (χ4v) is 5.37. The molecule has 2 unspecified atom stereocenters. The van der Waals surface area contributed by atoms with Crippen LogP contribution in [0.1, 0.15) is 55.2 Å². The number of carbonyl (C=O) groups is 3. The summed E-state index contributed by atoms with van der Waals surface area (Å²) in [5.74, 6) is -0.560. The lowest BCUT2D eigenvalue weighted by Gasteiger charge is -2.29. The number of aliphatic hydroxyl groups is 1. The van der Waals surface area contributed by atoms with Crippen molar-refractivity contribution in [3.05, 3.63) is 70.7 Å². The molecule has 4 amide bonds. The SMILES string of the molecule is CCC(O)c1csc(NC(=O)[C@H]([C@@H](C)c2ccccc2)N2C(=O)NC(c3ccc4c(c3)OCCO4)C2=O)n1. The van der Waals surface area contributed by atoms with Gasteiger partial charge in [0.15, 0.2) is 16.6 Å². The first-order valence-electron chi connectivity index (χ1n) is 12.4. The Morgan fingerprint density at radius 1 is 1.18 bits per heavy atom. The number of fused-ring (bicyclic) bond motifs is 1. The quantitative estimate of drug-likeness (QED) is 0.374. The Hall–Kier alpha value is -3.96. The summed E-state index contributed by atoms with van der Waals surface area (Å²) in [5.41, 5.74) is 1.77. The first kappa shape index (κ1) is 25.7. The van der Waals surface area contributed by atoms with Crippen LogP contribution >= 0.6 is 11.3 Å². The number of rotatable bonds is 8. The van der Waals surface area contributed by atoms with Gasteiger partial charge in [-0.15, -0.1) is 11.3 Å². The molecule has 2 aliphatic heterocycles. The molecule has 38 heavy (non-hydrogen) atoms. The van der Waals surface area contributed by atoms with Gasteiger partial charge in [0.1, 0.15) is 25.3 Å². The number of hydrogen-bond donors (Lipinski definition) is 3. The van der Waals surface area contributed by atoms with Crippen molar-refractivity contribution in [3.63, 3.8) is 0 Å². The fraction of sp³-hybridized carbons (Fsp3) is 0.333. The molecular weight excluding hydrogens is 508 g/mol. The average Bonchev–Trinajstić information content (AvgIpc) is 3.52. The first-order valence-corrected chi connectivity index (χ1v) is 13.3. The van der Waals surface area contributed by atoms with E-state index >= 15 is 0 Å². The van der Waals surface area contributed by atoms with Crippen molar-refractivity contribution < 1.29 is 29.0 Å². The summed E-state index contributed by atoms with van der Waals surface area (Å²) in [5, 5.41) is 17.5. The second-order valence-electron chi connectivity index (χ2n) is 9.13. The highest BCUT2D eigenvalue weighted by Crippen LogP contribution is 2.36. The summed E-state index contributed by atoms with van der Waals surface area (Å²) < 4.78 is 11.2. The van der Waals surface area contributed by atoms with Crippen molar-refractivity contribution in [3.8, 4) is 11.5 Å². The minimum atomic E-state index is -1.16. The lowest BCUT2D eigenvalue weighted by atomic mass is 9.91. The summed E-state index contributed by atoms with van der Waals surface area (Å²) in [6.45, 7) is 4.45. The average molecular weight is 537 g/mol. The number of carbonyl (C=O) groups excluding carboxylic acids is 3. The van der Waals surface area contributed by atoms with Gasteiger partial charge in [-0.05, 0) is 29.7 Å². The normalized spacial score (nSPS) is 19.0. The Bertz CT molecular complexity index is 1350. The molecule has 4 atom stereocenters. The van der Waals surface area contributed by atoms with E-state index in [4.69, 9.17) is 9.47 Å². The largest absolute Gasteiger partial charge is 0.486 e. The molecule has 10 nitrogen and oxygen atoms in total. The summed E-state index contributed by atoms with van der Waals surface area (Å²) in [6.07, 6.45) is -0.261. The number of benzene rings is 2. The zero-order valence-electron chi connectivity index (χ0n) is 20.9. The Kier molecular flexibility index (Phi) is 7.30. The van der Waals surface area contributed by atoms with E-state index < -0.39 is 42.0 Å². The van der Waals surface area contributed by atoms with Gasteiger partial charge in [0.25, 0.3) is 5.91 Å². The number of anilines is 1. The molecular formula is C27H28N4O6S. The topological polar surface area (TPSA) is 130 Å². The molecule has 1 saturated heterocycles. The standard InChI is InChI=1S/C27H28N4O6S/c1-3-19(32)18-14-38-26(28-18)30-24(33)23(15(2)16-7-5-4-6-8-16)31-25(34)22(29-27(31)35)17-9-10-20-21(13-17)37-12-11-36-20/h4-10,13-15,19,22-23,32H,3,11-12H2,1-2H3,(H,29,35)(H,28,30,33)/t15-,19?,22?,23-/m0/s1. The highest BCUT2D eigenvalue weighted by Gasteiger charge is 2.47. The van der Waals surface area contributed by atoms with Crippen LogP contribution in [0.3, 0.4) is 0 Å². The smallest absolute Gasteiger partial charge is 0.325 e. The van der Waals surface area contributed by atoms with Crippen molar-refractivity contribution >= 4 is 34.3 Å². The minimum absolute atomic E-state index is 0.276. The van der Waals surface area contributed by atoms with Crippen LogP contribution in [0.5, 0.6) is 11.5 Å². The van der Waals surface area contributed by atoms with Gasteiger partial charge in [0.05, 0.1) is 11.8 Å². The molecule has 0 radical (unpaired) electrons. The predicted octanol–water partition coefficient (Wildman–Crippen LogP) is 3.76. The lowest BCUT2D eigenvalue weighted by Crippen LogP contribution is -2.50. The van der Waals surface area contributed by atoms with Crippen molar-refractivity contribution in [1.29, 1.82) is 0 Å². The maximum absolute atomic E-state index is 13.7. The number of nitrogens with one attached hydrogen (secondary N) is 2. The first-order chi connectivity index (χ1) is 18.4. The van der Waals surface area contributed by atoms with Gasteiger partial charge in [-0.2, -0.15) is 0 Å². The van der Waals surface area contributed by atoms with E-state index in [9.17, 15) is 19.5 Å². The van der Waals surface area contributed by atoms with Crippen molar-refractivity contribution in [2.75, 3.05) is 18.5 Å². The number of ether oxygens (including phenoxy) is 2. The summed E-state index contributed by atoms with van der Waals surface area (Å²) >= 11 is 1.17. The molecule has 11 heteroatoms. The highest BCUT2D eigenvalue weighted by molar-refractivity contribution is 7.13. The number of urea groups is 1. The number of aliphatic hydroxyl groups excluding tert-OH is 1. The zero-order chi connectivity index (χ0) is 26.8. The van der Waals surface area contributed by atoms with E-state index in [1.54, 1.807) is 30.5 Å². The van der Waals surface area contributed by atoms with Gasteiger partial charge in [-0.1, -0.05) is 50.2 Å². The summed E-state index contributed by atoms with van der Waals surface area (Å²) in [6, 6.07) is 11.5. The van der Waals surface area contributed by atoms with E-state index in [1.807, 2.05) is 37.3 Å². The summed E-state index contributed by atoms with van der Waals surface area (Å²) in [7, 11) is 0. The maximum atomic E-state index is 13.7. The number of hydrogen-bond acceptors (Lipinski definition) is 8. The van der Waals surface area contributed by atoms with Gasteiger partial charge in [0, 0.05) is 11.3 Å². The molecule has 5 rings (SSSR count). The van der Waals surface area contributed by atoms with E-state index in [1.165, 1.54) is 11.3 Å². The third kappa shape index (κ3) is 4.94. The van der Waals surface area contributed by atoms with Crippen molar-refractivity contribution in [2.24, 2.45) is 0 Å². The Morgan fingerprint density at radius 2 is 1.92 bits per heavy atom. The molecule has 2 aliphatic rings. The van der Waals surface area contributed by atoms with Gasteiger partial charge in [-0.3, -0.25) is 9.59 Å². The summed E-state index contributed by atoms with van der Waals surface area (Å²) in [4.78, 5) is 45.9. The van der Waals surface area contributed by atoms with Crippen LogP contribution in [-0.2, 0) is 9.59 Å². The van der Waals surface area contributed by atoms with Crippen LogP contribution in [-0.4, -0.2) is 52.1 Å². The fourth-order valence-electron chi connectivity index (χ4n) is 4.61. The molecule has 1 fully saturated rings. The number of aromatic nitrogens is 1. The van der Waals surface area contributed by atoms with Gasteiger partial charge < -0.3 is 25.2 Å². The Labute approximate surface area is 223 Å². The molecule has 0 bridgehead atoms. The molecule has 0 aliphatic carbocycles. The Morgan fingerprint density at radius 3 is 2.66 bits per heavy atom. The maximum Gasteiger partial charge on any atom is 0.325 e. The van der Waals surface area contributed by atoms with Crippen LogP contribution in [0.4, 0.5) is 9.93 Å². The highest BCUT2D eigenvalue weighted by atomic mass is 32.1. The minimum Gasteiger partial charge on any atom is -0.486 e. The molecule has 2 aromatic carbocycles. The van der Waals surface area contributed by atoms with Crippen LogP contribution in [0.15, 0.2) is 53.9 Å². The second-order valence-corrected chi connectivity index (χ2v) is 9.99. The molecule has 1 aromatic heterocycles. The van der Waals surface area contributed by atoms with Crippen molar-refractivity contribution in [1.82, 2.24) is 15.2 Å². The van der Waals surface area contributed by atoms with E-state index in [2.05, 4.69) is 15.6 Å². The monoisotopic (exact) mass is 536 g/mol. The van der Waals surface area contributed by atoms with Crippen LogP contribution in [0, 0.1) is 0 Å². The zero-order valence-corrected chi connectivity index (χ0v) is 21.7. The van der Waals surface area contributed by atoms with Crippen LogP contribution < -0.4 is 20.1 Å². The molecule has 0 spiro atoms. The molecule has 3 heterocycles. The number of imide groups is 1. The lowest BCUT2D eigenvalue weighted by molar-refractivity contribution is -0.134. The molecule has 3 aromatic rings. The number of amides is 4. The van der Waals surface area contributed by atoms with E-state index in [0.29, 0.717) is 42.4 Å². The third-order valence-electron chi connectivity index (χ3n) is 6.70. The van der Waals surface area contributed by atoms with Crippen LogP contribution in [0.25, 0.3) is 0 Å². The third-order valence-corrected chi connectivity index (χ3v) is 7.47. The van der Waals surface area contributed by atoms with Gasteiger partial charge in [0.2, 0.25) is 5.91 Å². The molecule has 198 valence electrons.